The van der Waals surface area contributed by atoms with E-state index in [0.717, 1.165) is 0 Å². The number of hydrogen-bond acceptors (Lipinski definition) is 3. The summed E-state index contributed by atoms with van der Waals surface area (Å²) in [5.41, 5.74) is 6.03. The quantitative estimate of drug-likeness (QED) is 0.793. The second-order valence-corrected chi connectivity index (χ2v) is 4.62. The van der Waals surface area contributed by atoms with Gasteiger partial charge in [0.25, 0.3) is 11.8 Å². The molecule has 0 radical (unpaired) electrons. The van der Waals surface area contributed by atoms with Gasteiger partial charge in [0.05, 0.1) is 0 Å². The Morgan fingerprint density at radius 1 is 1.33 bits per heavy atom. The molecule has 0 bridgehead atoms. The van der Waals surface area contributed by atoms with Gasteiger partial charge in [-0.2, -0.15) is 4.99 Å². The topological polar surface area (TPSA) is 84.6 Å². The zero-order chi connectivity index (χ0) is 13.3. The summed E-state index contributed by atoms with van der Waals surface area (Å²) in [6, 6.07) is 3.73. The summed E-state index contributed by atoms with van der Waals surface area (Å²) in [4.78, 5) is 26.4. The van der Waals surface area contributed by atoms with Gasteiger partial charge in [0.15, 0.2) is 6.04 Å². The minimum Gasteiger partial charge on any atom is -0.312 e. The Balaban J connectivity index is 2.22. The van der Waals surface area contributed by atoms with E-state index in [1.165, 1.54) is 0 Å². The summed E-state index contributed by atoms with van der Waals surface area (Å²) in [6.45, 7) is 0. The van der Waals surface area contributed by atoms with Crippen LogP contribution in [0.25, 0.3) is 0 Å². The first-order chi connectivity index (χ1) is 8.47. The van der Waals surface area contributed by atoms with E-state index in [-0.39, 0.29) is 12.3 Å². The molecule has 94 valence electrons. The molecule has 0 aromatic heterocycles. The lowest BCUT2D eigenvalue weighted by Crippen LogP contribution is -2.52. The molecule has 1 heterocycles. The fourth-order valence-corrected chi connectivity index (χ4v) is 1.97. The third-order valence-corrected chi connectivity index (χ3v) is 3.02. The van der Waals surface area contributed by atoms with Gasteiger partial charge in [0.1, 0.15) is 5.84 Å². The lowest BCUT2D eigenvalue weighted by Gasteiger charge is -2.17. The summed E-state index contributed by atoms with van der Waals surface area (Å²) in [6.07, 6.45) is 0.236. The number of benzene rings is 1. The number of amides is 2. The summed E-state index contributed by atoms with van der Waals surface area (Å²) < 4.78 is 0. The van der Waals surface area contributed by atoms with Crippen LogP contribution in [-0.4, -0.2) is 23.7 Å². The van der Waals surface area contributed by atoms with Crippen molar-refractivity contribution in [1.82, 2.24) is 5.32 Å². The third kappa shape index (κ3) is 2.69. The number of hydrogen-bond donors (Lipinski definition) is 2. The maximum atomic E-state index is 11.4. The third-order valence-electron chi connectivity index (χ3n) is 2.43. The van der Waals surface area contributed by atoms with Gasteiger partial charge >= 0.3 is 0 Å². The highest BCUT2D eigenvalue weighted by Crippen LogP contribution is 2.21. The monoisotopic (exact) mass is 285 g/mol. The van der Waals surface area contributed by atoms with E-state index in [4.69, 9.17) is 28.9 Å². The van der Waals surface area contributed by atoms with Gasteiger partial charge in [-0.3, -0.25) is 9.59 Å². The Morgan fingerprint density at radius 2 is 2.06 bits per heavy atom. The van der Waals surface area contributed by atoms with E-state index in [1.54, 1.807) is 18.2 Å². The Labute approximate surface area is 113 Å². The number of nitrogens with two attached hydrogens (primary N) is 1. The fourth-order valence-electron chi connectivity index (χ4n) is 1.49. The highest BCUT2D eigenvalue weighted by molar-refractivity contribution is 6.35. The standard InChI is InChI=1S/C11H9Cl2N3O2/c12-6-2-1-5(7(13)4-6)3-8-15-10(17)9(14)11(18)16-8/h1-2,4,9H,3,14H2,(H,15,16,17,18). The zero-order valence-corrected chi connectivity index (χ0v) is 10.6. The number of nitrogens with one attached hydrogen (secondary N) is 1. The van der Waals surface area contributed by atoms with Crippen molar-refractivity contribution < 1.29 is 9.59 Å². The van der Waals surface area contributed by atoms with Crippen LogP contribution in [0.1, 0.15) is 5.56 Å². The van der Waals surface area contributed by atoms with E-state index in [1.807, 2.05) is 0 Å². The lowest BCUT2D eigenvalue weighted by molar-refractivity contribution is -0.129. The highest BCUT2D eigenvalue weighted by Gasteiger charge is 2.28. The van der Waals surface area contributed by atoms with Gasteiger partial charge in [-0.25, -0.2) is 0 Å². The maximum Gasteiger partial charge on any atom is 0.273 e. The molecule has 5 nitrogen and oxygen atoms in total. The van der Waals surface area contributed by atoms with Crippen LogP contribution in [0.4, 0.5) is 0 Å². The number of nitrogens with zero attached hydrogens (tertiary/aromatic N) is 1. The van der Waals surface area contributed by atoms with E-state index >= 15 is 0 Å². The molecule has 0 saturated carbocycles. The van der Waals surface area contributed by atoms with Crippen molar-refractivity contribution in [3.05, 3.63) is 33.8 Å². The predicted molar refractivity (Wildman–Crippen MR) is 68.7 cm³/mol. The first kappa shape index (κ1) is 13.0. The Morgan fingerprint density at radius 3 is 2.67 bits per heavy atom. The molecular formula is C11H9Cl2N3O2. The number of rotatable bonds is 2. The number of amidine groups is 1. The van der Waals surface area contributed by atoms with Crippen LogP contribution in [-0.2, 0) is 16.0 Å². The molecule has 1 aliphatic rings. The van der Waals surface area contributed by atoms with Crippen molar-refractivity contribution in [2.24, 2.45) is 10.7 Å². The fraction of sp³-hybridized carbons (Fsp3) is 0.182. The van der Waals surface area contributed by atoms with Crippen LogP contribution >= 0.6 is 23.2 Å². The maximum absolute atomic E-state index is 11.4. The average molecular weight is 286 g/mol. The van der Waals surface area contributed by atoms with Crippen molar-refractivity contribution in [3.8, 4) is 0 Å². The number of aliphatic imine (C=N–C) groups is 1. The molecule has 0 spiro atoms. The van der Waals surface area contributed by atoms with Crippen LogP contribution in [0.5, 0.6) is 0 Å². The summed E-state index contributed by atoms with van der Waals surface area (Å²) in [5, 5.41) is 3.42. The first-order valence-electron chi connectivity index (χ1n) is 5.09. The molecule has 0 fully saturated rings. The van der Waals surface area contributed by atoms with Gasteiger partial charge < -0.3 is 11.1 Å². The van der Waals surface area contributed by atoms with Crippen LogP contribution in [0.15, 0.2) is 23.2 Å². The zero-order valence-electron chi connectivity index (χ0n) is 9.11. The Hall–Kier alpha value is -1.43. The van der Waals surface area contributed by atoms with Crippen LogP contribution in [0.2, 0.25) is 10.0 Å². The van der Waals surface area contributed by atoms with E-state index < -0.39 is 17.9 Å². The minimum atomic E-state index is -1.23. The van der Waals surface area contributed by atoms with Crippen LogP contribution in [0, 0.1) is 0 Å². The SMILES string of the molecule is NC1C(=O)N=C(Cc2ccc(Cl)cc2Cl)NC1=O. The first-order valence-corrected chi connectivity index (χ1v) is 5.85. The molecule has 1 aromatic rings. The summed E-state index contributed by atoms with van der Waals surface area (Å²) in [7, 11) is 0. The van der Waals surface area contributed by atoms with Crippen LogP contribution < -0.4 is 11.1 Å². The Kier molecular flexibility index (Phi) is 3.65. The molecule has 0 aliphatic carbocycles. The van der Waals surface area contributed by atoms with Crippen LogP contribution in [0.3, 0.4) is 0 Å². The second-order valence-electron chi connectivity index (χ2n) is 3.78. The van der Waals surface area contributed by atoms with Gasteiger partial charge in [-0.15, -0.1) is 0 Å². The summed E-state index contributed by atoms with van der Waals surface area (Å²) in [5.74, 6) is -0.982. The predicted octanol–water partition coefficient (Wildman–Crippen LogP) is 0.918. The lowest BCUT2D eigenvalue weighted by atomic mass is 10.1. The van der Waals surface area contributed by atoms with E-state index in [2.05, 4.69) is 10.3 Å². The van der Waals surface area contributed by atoms with E-state index in [9.17, 15) is 9.59 Å². The normalized spacial score (nSPS) is 19.5. The van der Waals surface area contributed by atoms with Gasteiger partial charge in [-0.05, 0) is 17.7 Å². The molecule has 18 heavy (non-hydrogen) atoms. The molecular weight excluding hydrogens is 277 g/mol. The molecule has 1 aromatic carbocycles. The van der Waals surface area contributed by atoms with E-state index in [0.29, 0.717) is 15.6 Å². The smallest absolute Gasteiger partial charge is 0.273 e. The van der Waals surface area contributed by atoms with Gasteiger partial charge in [0, 0.05) is 16.5 Å². The molecule has 1 aliphatic heterocycles. The van der Waals surface area contributed by atoms with Crippen molar-refractivity contribution >= 4 is 40.9 Å². The summed E-state index contributed by atoms with van der Waals surface area (Å²) >= 11 is 11.8. The molecule has 0 saturated heterocycles. The molecule has 1 unspecified atom stereocenters. The highest BCUT2D eigenvalue weighted by atomic mass is 35.5. The molecule has 3 N–H and O–H groups in total. The Bertz CT molecular complexity index is 557. The van der Waals surface area contributed by atoms with Crippen molar-refractivity contribution in [2.75, 3.05) is 0 Å². The average Bonchev–Trinajstić information content (AvgIpc) is 2.29. The van der Waals surface area contributed by atoms with Gasteiger partial charge in [0.2, 0.25) is 0 Å². The van der Waals surface area contributed by atoms with Gasteiger partial charge in [-0.1, -0.05) is 29.3 Å². The molecule has 7 heteroatoms. The largest absolute Gasteiger partial charge is 0.312 e. The minimum absolute atomic E-state index is 0.232. The second kappa shape index (κ2) is 5.06. The number of carbonyl (C=O) groups is 2. The molecule has 2 rings (SSSR count). The van der Waals surface area contributed by atoms with Crippen molar-refractivity contribution in [1.29, 1.82) is 0 Å². The molecule has 2 amide bonds. The number of halogens is 2. The molecule has 1 atom stereocenters. The van der Waals surface area contributed by atoms with Crippen molar-refractivity contribution in [2.45, 2.75) is 12.5 Å². The van der Waals surface area contributed by atoms with Crippen molar-refractivity contribution in [3.63, 3.8) is 0 Å². The number of carbonyl (C=O) groups excluding carboxylic acids is 2.